The number of aromatic nitrogens is 2. The van der Waals surface area contributed by atoms with Gasteiger partial charge in [-0.3, -0.25) is 9.78 Å². The standard InChI is InChI=1S/C24H24ClN3O3/c25-18-10-8-16(9-11-18)20-13-17(23(30)28-21-6-1-2-7-22(21)29)14-27-24(20)31-15-19-5-3-4-12-26-19/h3-5,8-14,21-22,29H,1-2,6-7,15H2,(H,28,30)/t21?,22-/m1/s1. The van der Waals surface area contributed by atoms with Gasteiger partial charge in [-0.15, -0.1) is 0 Å². The van der Waals surface area contributed by atoms with Crippen molar-refractivity contribution < 1.29 is 14.6 Å². The Balaban J connectivity index is 1.59. The second kappa shape index (κ2) is 9.90. The van der Waals surface area contributed by atoms with Crippen LogP contribution in [0.3, 0.4) is 0 Å². The first-order chi connectivity index (χ1) is 15.1. The molecule has 0 spiro atoms. The third kappa shape index (κ3) is 5.40. The molecule has 2 atom stereocenters. The third-order valence-corrected chi connectivity index (χ3v) is 5.65. The Morgan fingerprint density at radius 2 is 1.94 bits per heavy atom. The van der Waals surface area contributed by atoms with Gasteiger partial charge in [0.2, 0.25) is 5.88 Å². The number of nitrogens with one attached hydrogen (secondary N) is 1. The SMILES string of the molecule is O=C(NC1CCCC[C@H]1O)c1cnc(OCc2ccccn2)c(-c2ccc(Cl)cc2)c1. The number of aliphatic hydroxyl groups excluding tert-OH is 1. The fourth-order valence-corrected chi connectivity index (χ4v) is 3.81. The molecular weight excluding hydrogens is 414 g/mol. The van der Waals surface area contributed by atoms with Crippen molar-refractivity contribution in [1.29, 1.82) is 0 Å². The Kier molecular flexibility index (Phi) is 6.79. The molecule has 160 valence electrons. The number of carbonyl (C=O) groups is 1. The van der Waals surface area contributed by atoms with Crippen LogP contribution in [0.1, 0.15) is 41.7 Å². The van der Waals surface area contributed by atoms with Crippen LogP contribution in [-0.4, -0.2) is 33.1 Å². The van der Waals surface area contributed by atoms with Gasteiger partial charge in [0.05, 0.1) is 23.4 Å². The third-order valence-electron chi connectivity index (χ3n) is 5.40. The molecule has 4 rings (SSSR count). The summed E-state index contributed by atoms with van der Waals surface area (Å²) in [5.74, 6) is 0.146. The molecule has 6 nitrogen and oxygen atoms in total. The molecule has 0 saturated heterocycles. The van der Waals surface area contributed by atoms with Crippen molar-refractivity contribution in [3.05, 3.63) is 77.2 Å². The number of rotatable bonds is 6. The van der Waals surface area contributed by atoms with E-state index in [1.165, 1.54) is 6.20 Å². The molecule has 2 aromatic heterocycles. The summed E-state index contributed by atoms with van der Waals surface area (Å²) in [5, 5.41) is 13.7. The van der Waals surface area contributed by atoms with Crippen LogP contribution in [0.2, 0.25) is 5.02 Å². The van der Waals surface area contributed by atoms with E-state index in [9.17, 15) is 9.90 Å². The van der Waals surface area contributed by atoms with E-state index < -0.39 is 6.10 Å². The lowest BCUT2D eigenvalue weighted by Crippen LogP contribution is -2.45. The van der Waals surface area contributed by atoms with Crippen LogP contribution in [0.15, 0.2) is 60.9 Å². The first kappa shape index (κ1) is 21.3. The number of pyridine rings is 2. The van der Waals surface area contributed by atoms with E-state index in [2.05, 4.69) is 15.3 Å². The summed E-state index contributed by atoms with van der Waals surface area (Å²) in [7, 11) is 0. The zero-order valence-corrected chi connectivity index (χ0v) is 17.8. The summed E-state index contributed by atoms with van der Waals surface area (Å²) >= 11 is 6.04. The molecule has 31 heavy (non-hydrogen) atoms. The van der Waals surface area contributed by atoms with Crippen LogP contribution in [0, 0.1) is 0 Å². The van der Waals surface area contributed by atoms with E-state index in [1.54, 1.807) is 24.4 Å². The van der Waals surface area contributed by atoms with Crippen molar-refractivity contribution in [1.82, 2.24) is 15.3 Å². The van der Waals surface area contributed by atoms with Gasteiger partial charge in [0.1, 0.15) is 6.61 Å². The van der Waals surface area contributed by atoms with Crippen LogP contribution in [0.5, 0.6) is 5.88 Å². The van der Waals surface area contributed by atoms with Crippen molar-refractivity contribution in [3.63, 3.8) is 0 Å². The minimum atomic E-state index is -0.512. The Morgan fingerprint density at radius 3 is 2.68 bits per heavy atom. The smallest absolute Gasteiger partial charge is 0.253 e. The van der Waals surface area contributed by atoms with Gasteiger partial charge in [-0.25, -0.2) is 4.98 Å². The molecule has 1 saturated carbocycles. The number of aliphatic hydroxyl groups is 1. The second-order valence-electron chi connectivity index (χ2n) is 7.63. The Labute approximate surface area is 186 Å². The fraction of sp³-hybridized carbons (Fsp3) is 0.292. The van der Waals surface area contributed by atoms with Crippen molar-refractivity contribution >= 4 is 17.5 Å². The second-order valence-corrected chi connectivity index (χ2v) is 8.06. The molecule has 0 radical (unpaired) electrons. The molecule has 1 unspecified atom stereocenters. The van der Waals surface area contributed by atoms with Crippen LogP contribution in [-0.2, 0) is 6.61 Å². The maximum atomic E-state index is 12.9. The molecule has 1 aliphatic carbocycles. The van der Waals surface area contributed by atoms with E-state index in [0.29, 0.717) is 28.5 Å². The predicted molar refractivity (Wildman–Crippen MR) is 119 cm³/mol. The highest BCUT2D eigenvalue weighted by Crippen LogP contribution is 2.31. The molecule has 1 amide bonds. The minimum absolute atomic E-state index is 0.236. The van der Waals surface area contributed by atoms with Gasteiger partial charge in [-0.2, -0.15) is 0 Å². The molecule has 1 fully saturated rings. The molecule has 7 heteroatoms. The lowest BCUT2D eigenvalue weighted by Gasteiger charge is -2.28. The number of ether oxygens (including phenoxy) is 1. The van der Waals surface area contributed by atoms with E-state index in [0.717, 1.165) is 30.5 Å². The fourth-order valence-electron chi connectivity index (χ4n) is 3.68. The quantitative estimate of drug-likeness (QED) is 0.596. The van der Waals surface area contributed by atoms with Gasteiger partial charge in [0.15, 0.2) is 0 Å². The van der Waals surface area contributed by atoms with Gasteiger partial charge in [-0.1, -0.05) is 42.6 Å². The summed E-state index contributed by atoms with van der Waals surface area (Å²) in [5.41, 5.74) is 2.71. The topological polar surface area (TPSA) is 84.3 Å². The number of amides is 1. The molecule has 3 aromatic rings. The van der Waals surface area contributed by atoms with Gasteiger partial charge in [0.25, 0.3) is 5.91 Å². The average molecular weight is 438 g/mol. The van der Waals surface area contributed by atoms with Crippen molar-refractivity contribution in [3.8, 4) is 17.0 Å². The summed E-state index contributed by atoms with van der Waals surface area (Å²) < 4.78 is 5.93. The largest absolute Gasteiger partial charge is 0.471 e. The predicted octanol–water partition coefficient (Wildman–Crippen LogP) is 4.41. The number of hydrogen-bond donors (Lipinski definition) is 2. The maximum absolute atomic E-state index is 12.9. The highest BCUT2D eigenvalue weighted by molar-refractivity contribution is 6.30. The monoisotopic (exact) mass is 437 g/mol. The number of carbonyl (C=O) groups excluding carboxylic acids is 1. The van der Waals surface area contributed by atoms with Gasteiger partial charge < -0.3 is 15.2 Å². The first-order valence-electron chi connectivity index (χ1n) is 10.4. The van der Waals surface area contributed by atoms with Crippen LogP contribution >= 0.6 is 11.6 Å². The molecule has 2 N–H and O–H groups in total. The highest BCUT2D eigenvalue weighted by atomic mass is 35.5. The molecule has 2 heterocycles. The summed E-state index contributed by atoms with van der Waals surface area (Å²) in [6.07, 6.45) is 6.16. The summed E-state index contributed by atoms with van der Waals surface area (Å²) in [6, 6.07) is 14.4. The van der Waals surface area contributed by atoms with Crippen LogP contribution < -0.4 is 10.1 Å². The number of hydrogen-bond acceptors (Lipinski definition) is 5. The molecule has 0 bridgehead atoms. The van der Waals surface area contributed by atoms with Crippen molar-refractivity contribution in [2.24, 2.45) is 0 Å². The van der Waals surface area contributed by atoms with Crippen molar-refractivity contribution in [2.75, 3.05) is 0 Å². The summed E-state index contributed by atoms with van der Waals surface area (Å²) in [4.78, 5) is 21.5. The average Bonchev–Trinajstić information content (AvgIpc) is 2.80. The Bertz CT molecular complexity index is 1030. The zero-order chi connectivity index (χ0) is 21.6. The van der Waals surface area contributed by atoms with Gasteiger partial charge >= 0.3 is 0 Å². The molecule has 0 aliphatic heterocycles. The van der Waals surface area contributed by atoms with Gasteiger partial charge in [-0.05, 0) is 48.7 Å². The van der Waals surface area contributed by atoms with Crippen LogP contribution in [0.25, 0.3) is 11.1 Å². The normalized spacial score (nSPS) is 18.4. The molecular formula is C24H24ClN3O3. The van der Waals surface area contributed by atoms with Crippen LogP contribution in [0.4, 0.5) is 0 Å². The lowest BCUT2D eigenvalue weighted by molar-refractivity contribution is 0.0717. The number of halogens is 1. The first-order valence-corrected chi connectivity index (χ1v) is 10.8. The Morgan fingerprint density at radius 1 is 1.13 bits per heavy atom. The lowest BCUT2D eigenvalue weighted by atomic mass is 9.92. The van der Waals surface area contributed by atoms with E-state index in [1.807, 2.05) is 30.3 Å². The molecule has 1 aromatic carbocycles. The number of benzene rings is 1. The highest BCUT2D eigenvalue weighted by Gasteiger charge is 2.25. The minimum Gasteiger partial charge on any atom is -0.471 e. The van der Waals surface area contributed by atoms with E-state index in [4.69, 9.17) is 16.3 Å². The summed E-state index contributed by atoms with van der Waals surface area (Å²) in [6.45, 7) is 0.258. The van der Waals surface area contributed by atoms with Crippen molar-refractivity contribution in [2.45, 2.75) is 44.4 Å². The number of nitrogens with zero attached hydrogens (tertiary/aromatic N) is 2. The van der Waals surface area contributed by atoms with Gasteiger partial charge in [0, 0.05) is 23.0 Å². The Hall–Kier alpha value is -2.96. The maximum Gasteiger partial charge on any atom is 0.253 e. The zero-order valence-electron chi connectivity index (χ0n) is 17.0. The van der Waals surface area contributed by atoms with E-state index >= 15 is 0 Å². The molecule has 1 aliphatic rings. The van der Waals surface area contributed by atoms with E-state index in [-0.39, 0.29) is 18.6 Å².